The Bertz CT molecular complexity index is 1040. The Morgan fingerprint density at radius 1 is 1.19 bits per heavy atom. The Labute approximate surface area is 181 Å². The van der Waals surface area contributed by atoms with E-state index in [2.05, 4.69) is 46.3 Å². The highest BCUT2D eigenvalue weighted by molar-refractivity contribution is 6.04. The van der Waals surface area contributed by atoms with Crippen LogP contribution >= 0.6 is 0 Å². The summed E-state index contributed by atoms with van der Waals surface area (Å²) in [5.74, 6) is -0.583. The van der Waals surface area contributed by atoms with Crippen LogP contribution in [0.2, 0.25) is 0 Å². The molecule has 1 aromatic carbocycles. The van der Waals surface area contributed by atoms with Crippen LogP contribution in [-0.2, 0) is 9.59 Å². The third kappa shape index (κ3) is 4.33. The molecule has 4 rings (SSSR count). The lowest BCUT2D eigenvalue weighted by molar-refractivity contribution is -0.123. The smallest absolute Gasteiger partial charge is 0.258 e. The number of aromatic amines is 1. The molecule has 0 unspecified atom stereocenters. The molecule has 2 atom stereocenters. The maximum Gasteiger partial charge on any atom is 0.258 e. The SMILES string of the molecule is CC(C)c1ccc(NC(=O)[C@@H]2CC(=O)Nc3nc(N4CCCC[C@@H]4C)[nH]c(=O)c32)cc1. The summed E-state index contributed by atoms with van der Waals surface area (Å²) in [6.45, 7) is 7.10. The fraction of sp³-hybridized carbons (Fsp3) is 0.478. The summed E-state index contributed by atoms with van der Waals surface area (Å²) in [6.07, 6.45) is 3.10. The van der Waals surface area contributed by atoms with Crippen molar-refractivity contribution in [3.8, 4) is 0 Å². The molecule has 2 amide bonds. The number of nitrogens with one attached hydrogen (secondary N) is 3. The topological polar surface area (TPSA) is 107 Å². The lowest BCUT2D eigenvalue weighted by atomic mass is 9.92. The predicted molar refractivity (Wildman–Crippen MR) is 121 cm³/mol. The van der Waals surface area contributed by atoms with Crippen LogP contribution in [0.25, 0.3) is 0 Å². The van der Waals surface area contributed by atoms with Crippen molar-refractivity contribution in [1.29, 1.82) is 0 Å². The van der Waals surface area contributed by atoms with E-state index in [4.69, 9.17) is 0 Å². The predicted octanol–water partition coefficient (Wildman–Crippen LogP) is 3.34. The molecule has 0 aliphatic carbocycles. The first-order valence-corrected chi connectivity index (χ1v) is 10.9. The molecule has 0 saturated carbocycles. The number of hydrogen-bond donors (Lipinski definition) is 3. The first kappa shape index (κ1) is 21.1. The molecule has 8 nitrogen and oxygen atoms in total. The second-order valence-electron chi connectivity index (χ2n) is 8.76. The van der Waals surface area contributed by atoms with Gasteiger partial charge < -0.3 is 15.5 Å². The van der Waals surface area contributed by atoms with E-state index in [0.29, 0.717) is 17.6 Å². The summed E-state index contributed by atoms with van der Waals surface area (Å²) in [7, 11) is 0. The van der Waals surface area contributed by atoms with Gasteiger partial charge in [0.1, 0.15) is 5.82 Å². The highest BCUT2D eigenvalue weighted by Crippen LogP contribution is 2.31. The standard InChI is InChI=1S/C23H29N5O3/c1-13(2)15-7-9-16(10-8-15)24-21(30)17-12-18(29)25-20-19(17)22(31)27-23(26-20)28-11-5-4-6-14(28)3/h7-10,13-14,17H,4-6,11-12H2,1-3H3,(H,24,30)(H2,25,26,27,29,31)/t14-,17+/m0/s1. The van der Waals surface area contributed by atoms with Crippen molar-refractivity contribution >= 4 is 29.3 Å². The molecule has 3 N–H and O–H groups in total. The van der Waals surface area contributed by atoms with Crippen molar-refractivity contribution in [3.63, 3.8) is 0 Å². The average molecular weight is 424 g/mol. The molecule has 3 heterocycles. The van der Waals surface area contributed by atoms with Crippen LogP contribution in [0, 0.1) is 0 Å². The monoisotopic (exact) mass is 423 g/mol. The number of nitrogens with zero attached hydrogens (tertiary/aromatic N) is 2. The molecule has 0 bridgehead atoms. The molecule has 1 saturated heterocycles. The number of rotatable bonds is 4. The summed E-state index contributed by atoms with van der Waals surface area (Å²) in [5, 5.41) is 5.53. The van der Waals surface area contributed by atoms with Crippen LogP contribution in [-0.4, -0.2) is 34.4 Å². The van der Waals surface area contributed by atoms with Gasteiger partial charge in [-0.25, -0.2) is 0 Å². The third-order valence-corrected chi connectivity index (χ3v) is 6.17. The first-order chi connectivity index (χ1) is 14.8. The van der Waals surface area contributed by atoms with Gasteiger partial charge in [-0.1, -0.05) is 26.0 Å². The molecule has 8 heteroatoms. The molecule has 2 aliphatic rings. The van der Waals surface area contributed by atoms with Gasteiger partial charge in [-0.05, 0) is 49.8 Å². The van der Waals surface area contributed by atoms with E-state index < -0.39 is 5.92 Å². The van der Waals surface area contributed by atoms with Gasteiger partial charge in [0, 0.05) is 24.7 Å². The molecule has 2 aliphatic heterocycles. The number of anilines is 3. The minimum atomic E-state index is -0.891. The van der Waals surface area contributed by atoms with E-state index in [1.54, 1.807) is 0 Å². The quantitative estimate of drug-likeness (QED) is 0.699. The molecule has 164 valence electrons. The molecule has 1 aromatic heterocycles. The third-order valence-electron chi connectivity index (χ3n) is 6.17. The van der Waals surface area contributed by atoms with Gasteiger partial charge in [-0.15, -0.1) is 0 Å². The van der Waals surface area contributed by atoms with E-state index in [0.717, 1.165) is 25.8 Å². The maximum absolute atomic E-state index is 13.0. The average Bonchev–Trinajstić information content (AvgIpc) is 2.73. The molecule has 2 aromatic rings. The van der Waals surface area contributed by atoms with Crippen molar-refractivity contribution < 1.29 is 9.59 Å². The Morgan fingerprint density at radius 3 is 2.61 bits per heavy atom. The van der Waals surface area contributed by atoms with Crippen LogP contribution in [0.15, 0.2) is 29.1 Å². The molecular weight excluding hydrogens is 394 g/mol. The van der Waals surface area contributed by atoms with Crippen molar-refractivity contribution in [2.45, 2.75) is 64.3 Å². The summed E-state index contributed by atoms with van der Waals surface area (Å²) < 4.78 is 0. The Hall–Kier alpha value is -3.16. The lowest BCUT2D eigenvalue weighted by Crippen LogP contribution is -2.41. The second-order valence-corrected chi connectivity index (χ2v) is 8.76. The fourth-order valence-electron chi connectivity index (χ4n) is 4.31. The van der Waals surface area contributed by atoms with Crippen LogP contribution in [0.3, 0.4) is 0 Å². The number of amides is 2. The largest absolute Gasteiger partial charge is 0.340 e. The summed E-state index contributed by atoms with van der Waals surface area (Å²) in [4.78, 5) is 47.7. The van der Waals surface area contributed by atoms with Crippen molar-refractivity contribution in [1.82, 2.24) is 9.97 Å². The number of fused-ring (bicyclic) bond motifs is 1. The zero-order valence-corrected chi connectivity index (χ0v) is 18.2. The number of aromatic nitrogens is 2. The normalized spacial score (nSPS) is 20.9. The van der Waals surface area contributed by atoms with Crippen LogP contribution in [0.5, 0.6) is 0 Å². The van der Waals surface area contributed by atoms with Crippen LogP contribution < -0.4 is 21.1 Å². The van der Waals surface area contributed by atoms with Gasteiger partial charge in [0.2, 0.25) is 17.8 Å². The number of benzene rings is 1. The molecule has 31 heavy (non-hydrogen) atoms. The van der Waals surface area contributed by atoms with Crippen molar-refractivity contribution in [2.75, 3.05) is 22.1 Å². The number of carbonyl (C=O) groups is 2. The van der Waals surface area contributed by atoms with Crippen LogP contribution in [0.4, 0.5) is 17.5 Å². The summed E-state index contributed by atoms with van der Waals surface area (Å²) in [6, 6.07) is 7.84. The van der Waals surface area contributed by atoms with E-state index in [1.165, 1.54) is 5.56 Å². The van der Waals surface area contributed by atoms with Crippen molar-refractivity contribution in [3.05, 3.63) is 45.7 Å². The van der Waals surface area contributed by atoms with E-state index >= 15 is 0 Å². The van der Waals surface area contributed by atoms with Gasteiger partial charge in [-0.2, -0.15) is 4.98 Å². The van der Waals surface area contributed by atoms with E-state index in [9.17, 15) is 14.4 Å². The highest BCUT2D eigenvalue weighted by Gasteiger charge is 2.35. The van der Waals surface area contributed by atoms with Crippen LogP contribution in [0.1, 0.15) is 69.4 Å². The molecule has 0 spiro atoms. The number of H-pyrrole nitrogens is 1. The highest BCUT2D eigenvalue weighted by atomic mass is 16.2. The van der Waals surface area contributed by atoms with Gasteiger partial charge in [-0.3, -0.25) is 19.4 Å². The Kier molecular flexibility index (Phi) is 5.80. The molecule has 1 fully saturated rings. The van der Waals surface area contributed by atoms with Gasteiger partial charge >= 0.3 is 0 Å². The summed E-state index contributed by atoms with van der Waals surface area (Å²) in [5.41, 5.74) is 1.63. The summed E-state index contributed by atoms with van der Waals surface area (Å²) >= 11 is 0. The molecular formula is C23H29N5O3. The van der Waals surface area contributed by atoms with Gasteiger partial charge in [0.05, 0.1) is 11.5 Å². The minimum Gasteiger partial charge on any atom is -0.340 e. The number of hydrogen-bond acceptors (Lipinski definition) is 5. The minimum absolute atomic E-state index is 0.0901. The maximum atomic E-state index is 13.0. The van der Waals surface area contributed by atoms with E-state index in [1.807, 2.05) is 24.3 Å². The Balaban J connectivity index is 1.61. The zero-order valence-electron chi connectivity index (χ0n) is 18.2. The van der Waals surface area contributed by atoms with Gasteiger partial charge in [0.25, 0.3) is 5.56 Å². The number of carbonyl (C=O) groups excluding carboxylic acids is 2. The van der Waals surface area contributed by atoms with Gasteiger partial charge in [0.15, 0.2) is 0 Å². The van der Waals surface area contributed by atoms with E-state index in [-0.39, 0.29) is 41.2 Å². The molecule has 0 radical (unpaired) electrons. The fourth-order valence-corrected chi connectivity index (χ4v) is 4.31. The number of piperidine rings is 1. The Morgan fingerprint density at radius 2 is 1.94 bits per heavy atom. The first-order valence-electron chi connectivity index (χ1n) is 10.9. The van der Waals surface area contributed by atoms with Crippen molar-refractivity contribution in [2.24, 2.45) is 0 Å². The zero-order chi connectivity index (χ0) is 22.1. The lowest BCUT2D eigenvalue weighted by Gasteiger charge is -2.34. The second kappa shape index (κ2) is 8.53.